The zero-order valence-electron chi connectivity index (χ0n) is 75.6. The maximum atomic E-state index is 13.8. The Kier molecular flexibility index (Phi) is 58.0. The largest absolute Gasteiger partial charge is 1.00 e. The number of primary amides is 1. The summed E-state index contributed by atoms with van der Waals surface area (Å²) in [5.74, 6) is 1.83. The van der Waals surface area contributed by atoms with Gasteiger partial charge < -0.3 is 37.5 Å². The van der Waals surface area contributed by atoms with Gasteiger partial charge in [0.2, 0.25) is 11.2 Å². The zero-order chi connectivity index (χ0) is 93.6. The number of hydrogen-bond donors (Lipinski definition) is 5. The number of Topliss-reactive ketones (excluding diaryl/α,β-unsaturated/α-hetero) is 1. The third-order valence-electron chi connectivity index (χ3n) is 22.9. The number of halogens is 10. The van der Waals surface area contributed by atoms with Gasteiger partial charge >= 0.3 is 71.1 Å². The van der Waals surface area contributed by atoms with E-state index >= 15 is 0 Å². The fraction of sp³-hybridized carbons (Fsp3) is 0.439. The predicted molar refractivity (Wildman–Crippen MR) is 501 cm³/mol. The molecular formula is C98H117Br2ClF6IN11Na2O9. The molecule has 3 aromatic heterocycles. The number of rotatable bonds is 21. The maximum absolute atomic E-state index is 13.8. The summed E-state index contributed by atoms with van der Waals surface area (Å²) in [7, 11) is 0. The number of esters is 2. The number of hydrogen-bond acceptors (Lipinski definition) is 19. The van der Waals surface area contributed by atoms with Gasteiger partial charge in [0.1, 0.15) is 53.2 Å². The Bertz CT molecular complexity index is 4900. The van der Waals surface area contributed by atoms with Crippen molar-refractivity contribution in [2.45, 2.75) is 240 Å². The van der Waals surface area contributed by atoms with E-state index in [1.807, 2.05) is 30.3 Å². The molecule has 32 heteroatoms. The van der Waals surface area contributed by atoms with Crippen molar-refractivity contribution < 1.29 is 131 Å². The molecule has 5 fully saturated rings. The van der Waals surface area contributed by atoms with E-state index in [2.05, 4.69) is 73.7 Å². The van der Waals surface area contributed by atoms with Crippen molar-refractivity contribution in [3.05, 3.63) is 285 Å². The zero-order valence-corrected chi connectivity index (χ0v) is 84.7. The molecular weight excluding hydrogens is 1960 g/mol. The Morgan fingerprint density at radius 3 is 1.17 bits per heavy atom. The van der Waals surface area contributed by atoms with E-state index in [9.17, 15) is 50.8 Å². The number of nitrogens with zero attached hydrogens (tertiary/aromatic N) is 8. The number of nitrogens with two attached hydrogens (primary N) is 3. The summed E-state index contributed by atoms with van der Waals surface area (Å²) in [5, 5.41) is 35.4. The van der Waals surface area contributed by atoms with E-state index in [1.165, 1.54) is 164 Å². The Morgan fingerprint density at radius 2 is 0.808 bits per heavy atom. The van der Waals surface area contributed by atoms with Crippen molar-refractivity contribution >= 4 is 94.0 Å². The minimum absolute atomic E-state index is 0. The van der Waals surface area contributed by atoms with Gasteiger partial charge in [-0.2, -0.15) is 14.8 Å². The first-order valence-electron chi connectivity index (χ1n) is 43.1. The Balaban J connectivity index is 0.000000513. The fourth-order valence-corrected chi connectivity index (χ4v) is 17.2. The fourth-order valence-electron chi connectivity index (χ4n) is 16.3. The number of aliphatic hydroxyl groups excluding tert-OH is 1. The van der Waals surface area contributed by atoms with Crippen LogP contribution in [0.2, 0.25) is 5.28 Å². The summed E-state index contributed by atoms with van der Waals surface area (Å²) < 4.78 is 90.4. The van der Waals surface area contributed by atoms with Crippen LogP contribution in [0.25, 0.3) is 0 Å². The number of benzene rings is 6. The van der Waals surface area contributed by atoms with Gasteiger partial charge in [-0.05, 0) is 209 Å². The molecule has 0 atom stereocenters. The second-order valence-electron chi connectivity index (χ2n) is 31.6. The molecule has 3 heterocycles. The Hall–Kier alpha value is -7.31. The second kappa shape index (κ2) is 64.6. The summed E-state index contributed by atoms with van der Waals surface area (Å²) in [6.07, 6.45) is 40.2. The molecule has 20 nitrogen and oxygen atoms in total. The van der Waals surface area contributed by atoms with E-state index < -0.39 is 29.4 Å². The third-order valence-corrected chi connectivity index (χ3v) is 24.3. The number of alkyl halides is 2. The van der Waals surface area contributed by atoms with E-state index in [4.69, 9.17) is 52.9 Å². The molecule has 6 aromatic carbocycles. The average molecular weight is 2080 g/mol. The summed E-state index contributed by atoms with van der Waals surface area (Å²) >= 11 is 13.6. The maximum Gasteiger partial charge on any atom is 1.00 e. The number of ketones is 1. The van der Waals surface area contributed by atoms with E-state index in [0.717, 1.165) is 179 Å². The SMILES string of the molecule is BrCCCCCBr.CCOC(=O)c1cnc(CC2(c3cccc(F)c3)CCCCC2)nc1.CCOC(=O)c1cnc(Cl)nc1.N#CC1(c2cccc(F)c2)CCCCC1.N#CCc1cccc(F)c1.NC(=O)C1(c2cccc(F)c2)CCCCC1.NC1(c2cccc(F)c2)CCCCC1.NO.O=C(CO)c1cnc(CC2(c3cccc(F)c3)CCCCC2)nc1.O=[C-]I.[H-].[Na+].[Na+]. The summed E-state index contributed by atoms with van der Waals surface area (Å²) in [6, 6.07) is 43.6. The number of aromatic nitrogens is 6. The molecule has 5 saturated carbocycles. The third kappa shape index (κ3) is 39.7. The van der Waals surface area contributed by atoms with Gasteiger partial charge in [-0.1, -0.05) is 207 Å². The first kappa shape index (κ1) is 117. The van der Waals surface area contributed by atoms with Crippen LogP contribution in [0.1, 0.15) is 271 Å². The number of ether oxygens (including phenoxy) is 2. The quantitative estimate of drug-likeness (QED) is 0.00381. The summed E-state index contributed by atoms with van der Waals surface area (Å²) in [6.45, 7) is 3.61. The standard InChI is InChI=1S/C20H23FN2O2.C19H21FN2O2.C13H16FNO.C13H14FN.C12H16FN.C8H6FN.C7H7ClN2O2.C5H10Br2.CIO.H3NO.2Na.H/c1-2-25-19(24)15-13-22-18(23-14-15)12-20(9-4-3-5-10-20)16-7-6-8-17(21)11-16;20-16-6-4-5-15(9-16)19(7-2-1-3-8-19)10-18-21-11-14(12-22-18)17(24)13-23;14-11-6-4-5-10(9-11)13(12(15)16)7-2-1-3-8-13;14-12-6-4-5-11(9-12)13(10-15)7-2-1-3-8-13;13-11-6-4-5-10(9-11)12(14)7-2-1-3-8-12;9-8-3-1-2-7(6-8)4-5-10;1-2-12-6(11)5-3-9-7(8)10-4-5;6-4-2-1-3-5-7;2-1-3;1-2;;;/h6-8,11,13-14H,2-5,9-10,12H2,1H3;4-6,9,11-12,23H,1-3,7-8,10,13H2;4-6,9H,1-3,7-8H2,(H2,15,16);4-6,9H,1-3,7-8H2;4-6,9H,1-3,7-8,14H2;1-3,6H,4H2;3-4H,2H2,1H3;1-5H2;;2H,1H2;;;/q;;;;;;;;-1;;2*+1;-1. The molecule has 0 aliphatic heterocycles. The van der Waals surface area contributed by atoms with Crippen molar-refractivity contribution in [2.24, 2.45) is 17.4 Å². The average Bonchev–Trinajstić information content (AvgIpc) is 0.798. The van der Waals surface area contributed by atoms with Crippen LogP contribution in [0.3, 0.4) is 0 Å². The first-order chi connectivity index (χ1) is 61.8. The smallest absolute Gasteiger partial charge is 1.00 e. The molecule has 0 bridgehead atoms. The van der Waals surface area contributed by atoms with Gasteiger partial charge in [0.15, 0.2) is 5.78 Å². The Morgan fingerprint density at radius 1 is 0.485 bits per heavy atom. The number of carbonyl (C=O) groups is 4. The van der Waals surface area contributed by atoms with Crippen LogP contribution in [-0.2, 0) is 65.5 Å². The van der Waals surface area contributed by atoms with Crippen LogP contribution in [0.15, 0.2) is 183 Å². The minimum Gasteiger partial charge on any atom is -1.00 e. The predicted octanol–water partition coefficient (Wildman–Crippen LogP) is 16.6. The van der Waals surface area contributed by atoms with Crippen molar-refractivity contribution in [1.82, 2.24) is 29.9 Å². The molecule has 14 rings (SSSR count). The van der Waals surface area contributed by atoms with Crippen molar-refractivity contribution in [3.63, 3.8) is 0 Å². The summed E-state index contributed by atoms with van der Waals surface area (Å²) in [4.78, 5) is 79.1. The van der Waals surface area contributed by atoms with Crippen LogP contribution in [0, 0.1) is 57.6 Å². The number of nitriles is 2. The normalized spacial score (nSPS) is 15.3. The molecule has 9 aromatic rings. The van der Waals surface area contributed by atoms with E-state index in [1.54, 1.807) is 80.6 Å². The molecule has 5 aliphatic carbocycles. The van der Waals surface area contributed by atoms with E-state index in [0.29, 0.717) is 54.4 Å². The topological polar surface area (TPSA) is 347 Å². The monoisotopic (exact) mass is 2070 g/mol. The van der Waals surface area contributed by atoms with Crippen LogP contribution >= 0.6 is 66.1 Å². The van der Waals surface area contributed by atoms with Crippen molar-refractivity contribution in [1.29, 1.82) is 10.5 Å². The molecule has 690 valence electrons. The van der Waals surface area contributed by atoms with Crippen molar-refractivity contribution in [3.8, 4) is 12.1 Å². The molecule has 0 saturated heterocycles. The number of unbranched alkanes of at least 4 members (excludes halogenated alkanes) is 2. The second-order valence-corrected chi connectivity index (χ2v) is 33.9. The van der Waals surface area contributed by atoms with Gasteiger partial charge in [0.25, 0.3) is 0 Å². The van der Waals surface area contributed by atoms with Gasteiger partial charge in [0.05, 0.1) is 59.3 Å². The minimum atomic E-state index is -0.639. The van der Waals surface area contributed by atoms with Gasteiger partial charge in [-0.3, -0.25) is 32.2 Å². The number of amides is 1. The molecule has 5 aliphatic rings. The molecule has 0 radical (unpaired) electrons. The molecule has 1 amide bonds. The Labute approximate surface area is 841 Å². The number of carbonyl (C=O) groups excluding carboxylic acids is 5. The van der Waals surface area contributed by atoms with Crippen molar-refractivity contribution in [2.75, 3.05) is 30.5 Å². The molecule has 0 unspecified atom stereocenters. The van der Waals surface area contributed by atoms with Crippen LogP contribution in [0.5, 0.6) is 0 Å². The molecule has 130 heavy (non-hydrogen) atoms. The molecule has 0 spiro atoms. The van der Waals surface area contributed by atoms with Crippen LogP contribution in [0.4, 0.5) is 26.3 Å². The molecule has 8 N–H and O–H groups in total. The van der Waals surface area contributed by atoms with Gasteiger partial charge in [0, 0.05) is 77.1 Å². The summed E-state index contributed by atoms with van der Waals surface area (Å²) in [5.41, 5.74) is 16.4. The first-order valence-corrected chi connectivity index (χ1v) is 46.8. The van der Waals surface area contributed by atoms with Gasteiger partial charge in [-0.15, -0.1) is 0 Å². The van der Waals surface area contributed by atoms with Gasteiger partial charge in [-0.25, -0.2) is 71.7 Å². The number of aliphatic hydroxyl groups is 1. The van der Waals surface area contributed by atoms with E-state index in [-0.39, 0.29) is 135 Å². The van der Waals surface area contributed by atoms with Crippen LogP contribution < -0.4 is 76.5 Å². The van der Waals surface area contributed by atoms with Crippen LogP contribution in [-0.4, -0.2) is 98.6 Å².